The molecular formula is C17H24N2O3. The summed E-state index contributed by atoms with van der Waals surface area (Å²) in [6.45, 7) is 4.62. The highest BCUT2D eigenvalue weighted by atomic mass is 16.3. The molecule has 1 fully saturated rings. The molecule has 1 aliphatic rings. The van der Waals surface area contributed by atoms with Gasteiger partial charge in [-0.3, -0.25) is 9.59 Å². The van der Waals surface area contributed by atoms with Crippen LogP contribution in [0.15, 0.2) is 30.3 Å². The fraction of sp³-hybridized carbons (Fsp3) is 0.529. The van der Waals surface area contributed by atoms with Gasteiger partial charge in [-0.25, -0.2) is 0 Å². The van der Waals surface area contributed by atoms with Gasteiger partial charge in [0.2, 0.25) is 5.91 Å². The summed E-state index contributed by atoms with van der Waals surface area (Å²) in [5, 5.41) is 12.5. The van der Waals surface area contributed by atoms with Gasteiger partial charge in [0.25, 0.3) is 5.91 Å². The molecule has 0 spiro atoms. The van der Waals surface area contributed by atoms with Crippen molar-refractivity contribution >= 4 is 11.8 Å². The normalized spacial score (nSPS) is 19.3. The first-order valence-electron chi connectivity index (χ1n) is 7.82. The van der Waals surface area contributed by atoms with Crippen molar-refractivity contribution in [3.63, 3.8) is 0 Å². The molecule has 1 aliphatic heterocycles. The van der Waals surface area contributed by atoms with Crippen LogP contribution in [0.1, 0.15) is 37.0 Å². The summed E-state index contributed by atoms with van der Waals surface area (Å²) in [6, 6.07) is 8.58. The SMILES string of the molecule is CC(C)C(O)CNC(=O)C1CCCN1C(=O)c1ccccc1. The smallest absolute Gasteiger partial charge is 0.254 e. The van der Waals surface area contributed by atoms with Crippen molar-refractivity contribution in [2.24, 2.45) is 5.92 Å². The quantitative estimate of drug-likeness (QED) is 0.864. The standard InChI is InChI=1S/C17H24N2O3/c1-12(2)15(20)11-18-16(21)14-9-6-10-19(14)17(22)13-7-4-3-5-8-13/h3-5,7-8,12,14-15,20H,6,9-11H2,1-2H3,(H,18,21). The predicted octanol–water partition coefficient (Wildman–Crippen LogP) is 1.42. The molecule has 0 radical (unpaired) electrons. The summed E-state index contributed by atoms with van der Waals surface area (Å²) in [5.41, 5.74) is 0.601. The van der Waals surface area contributed by atoms with Crippen molar-refractivity contribution in [2.75, 3.05) is 13.1 Å². The van der Waals surface area contributed by atoms with E-state index < -0.39 is 12.1 Å². The maximum atomic E-state index is 12.5. The first-order valence-corrected chi connectivity index (χ1v) is 7.82. The number of carbonyl (C=O) groups excluding carboxylic acids is 2. The molecule has 2 atom stereocenters. The summed E-state index contributed by atoms with van der Waals surface area (Å²) in [5.74, 6) is -0.199. The molecule has 1 heterocycles. The number of nitrogens with one attached hydrogen (secondary N) is 1. The van der Waals surface area contributed by atoms with Crippen molar-refractivity contribution in [1.82, 2.24) is 10.2 Å². The molecule has 1 aromatic rings. The Morgan fingerprint density at radius 3 is 2.64 bits per heavy atom. The molecule has 0 saturated carbocycles. The number of aliphatic hydroxyl groups is 1. The van der Waals surface area contributed by atoms with Gasteiger partial charge in [-0.05, 0) is 30.9 Å². The zero-order chi connectivity index (χ0) is 16.1. The molecule has 1 saturated heterocycles. The Kier molecular flexibility index (Phi) is 5.55. The lowest BCUT2D eigenvalue weighted by atomic mass is 10.1. The molecule has 2 N–H and O–H groups in total. The van der Waals surface area contributed by atoms with Crippen molar-refractivity contribution in [3.8, 4) is 0 Å². The first kappa shape index (κ1) is 16.5. The van der Waals surface area contributed by atoms with Crippen molar-refractivity contribution < 1.29 is 14.7 Å². The second-order valence-electron chi connectivity index (χ2n) is 6.08. The highest BCUT2D eigenvalue weighted by Gasteiger charge is 2.34. The predicted molar refractivity (Wildman–Crippen MR) is 84.4 cm³/mol. The Morgan fingerprint density at radius 2 is 2.00 bits per heavy atom. The third-order valence-corrected chi connectivity index (χ3v) is 4.09. The van der Waals surface area contributed by atoms with Crippen LogP contribution in [0, 0.1) is 5.92 Å². The zero-order valence-electron chi connectivity index (χ0n) is 13.2. The van der Waals surface area contributed by atoms with E-state index in [2.05, 4.69) is 5.32 Å². The van der Waals surface area contributed by atoms with E-state index in [9.17, 15) is 14.7 Å². The number of carbonyl (C=O) groups is 2. The molecule has 2 unspecified atom stereocenters. The molecule has 2 amide bonds. The highest BCUT2D eigenvalue weighted by molar-refractivity contribution is 5.97. The number of aliphatic hydroxyl groups excluding tert-OH is 1. The fourth-order valence-electron chi connectivity index (χ4n) is 2.59. The number of hydrogen-bond donors (Lipinski definition) is 2. The summed E-state index contributed by atoms with van der Waals surface area (Å²) >= 11 is 0. The second-order valence-corrected chi connectivity index (χ2v) is 6.08. The number of likely N-dealkylation sites (tertiary alicyclic amines) is 1. The van der Waals surface area contributed by atoms with Crippen molar-refractivity contribution in [2.45, 2.75) is 38.8 Å². The minimum Gasteiger partial charge on any atom is -0.391 e. The van der Waals surface area contributed by atoms with E-state index in [1.165, 1.54) is 0 Å². The van der Waals surface area contributed by atoms with Crippen LogP contribution in [0.3, 0.4) is 0 Å². The number of benzene rings is 1. The number of rotatable bonds is 5. The monoisotopic (exact) mass is 304 g/mol. The number of nitrogens with zero attached hydrogens (tertiary/aromatic N) is 1. The highest BCUT2D eigenvalue weighted by Crippen LogP contribution is 2.20. The fourth-order valence-corrected chi connectivity index (χ4v) is 2.59. The third-order valence-electron chi connectivity index (χ3n) is 4.09. The third kappa shape index (κ3) is 3.85. The largest absolute Gasteiger partial charge is 0.391 e. The maximum absolute atomic E-state index is 12.5. The van der Waals surface area contributed by atoms with Gasteiger partial charge in [0.05, 0.1) is 6.10 Å². The lowest BCUT2D eigenvalue weighted by Crippen LogP contribution is -2.48. The average molecular weight is 304 g/mol. The van der Waals surface area contributed by atoms with E-state index in [-0.39, 0.29) is 24.3 Å². The molecule has 0 aromatic heterocycles. The van der Waals surface area contributed by atoms with Gasteiger partial charge in [-0.2, -0.15) is 0 Å². The topological polar surface area (TPSA) is 69.6 Å². The van der Waals surface area contributed by atoms with Gasteiger partial charge in [0.1, 0.15) is 6.04 Å². The van der Waals surface area contributed by atoms with Crippen LogP contribution in [-0.4, -0.2) is 47.1 Å². The first-order chi connectivity index (χ1) is 10.5. The summed E-state index contributed by atoms with van der Waals surface area (Å²) < 4.78 is 0. The zero-order valence-corrected chi connectivity index (χ0v) is 13.2. The molecule has 0 bridgehead atoms. The van der Waals surface area contributed by atoms with E-state index in [1.54, 1.807) is 17.0 Å². The average Bonchev–Trinajstić information content (AvgIpc) is 3.01. The molecule has 5 nitrogen and oxygen atoms in total. The van der Waals surface area contributed by atoms with Gasteiger partial charge < -0.3 is 15.3 Å². The molecule has 0 aliphatic carbocycles. The van der Waals surface area contributed by atoms with Gasteiger partial charge in [-0.1, -0.05) is 32.0 Å². The van der Waals surface area contributed by atoms with Crippen LogP contribution in [-0.2, 0) is 4.79 Å². The van der Waals surface area contributed by atoms with E-state index >= 15 is 0 Å². The molecule has 5 heteroatoms. The molecule has 1 aromatic carbocycles. The Bertz CT molecular complexity index is 516. The summed E-state index contributed by atoms with van der Waals surface area (Å²) in [6.07, 6.45) is 0.926. The molecule has 22 heavy (non-hydrogen) atoms. The van der Waals surface area contributed by atoms with Crippen LogP contribution in [0.25, 0.3) is 0 Å². The van der Waals surface area contributed by atoms with Crippen LogP contribution >= 0.6 is 0 Å². The Morgan fingerprint density at radius 1 is 1.32 bits per heavy atom. The Balaban J connectivity index is 1.98. The maximum Gasteiger partial charge on any atom is 0.254 e. The van der Waals surface area contributed by atoms with E-state index in [0.29, 0.717) is 18.5 Å². The van der Waals surface area contributed by atoms with E-state index in [1.807, 2.05) is 32.0 Å². The van der Waals surface area contributed by atoms with Crippen LogP contribution in [0.5, 0.6) is 0 Å². The van der Waals surface area contributed by atoms with Crippen LogP contribution in [0.4, 0.5) is 0 Å². The Labute approximate surface area is 131 Å². The minimum absolute atomic E-state index is 0.0888. The van der Waals surface area contributed by atoms with E-state index in [4.69, 9.17) is 0 Å². The minimum atomic E-state index is -0.566. The lowest BCUT2D eigenvalue weighted by molar-refractivity contribution is -0.125. The van der Waals surface area contributed by atoms with Crippen molar-refractivity contribution in [1.29, 1.82) is 0 Å². The van der Waals surface area contributed by atoms with Gasteiger partial charge in [0, 0.05) is 18.7 Å². The second kappa shape index (κ2) is 7.40. The Hall–Kier alpha value is -1.88. The summed E-state index contributed by atoms with van der Waals surface area (Å²) in [4.78, 5) is 26.4. The van der Waals surface area contributed by atoms with Gasteiger partial charge in [-0.15, -0.1) is 0 Å². The number of amides is 2. The van der Waals surface area contributed by atoms with Crippen molar-refractivity contribution in [3.05, 3.63) is 35.9 Å². The van der Waals surface area contributed by atoms with Crippen LogP contribution < -0.4 is 5.32 Å². The van der Waals surface area contributed by atoms with Gasteiger partial charge in [0.15, 0.2) is 0 Å². The van der Waals surface area contributed by atoms with Gasteiger partial charge >= 0.3 is 0 Å². The molecule has 120 valence electrons. The molecular weight excluding hydrogens is 280 g/mol. The molecule has 2 rings (SSSR count). The number of hydrogen-bond acceptors (Lipinski definition) is 3. The van der Waals surface area contributed by atoms with Crippen LogP contribution in [0.2, 0.25) is 0 Å². The van der Waals surface area contributed by atoms with E-state index in [0.717, 1.165) is 6.42 Å². The summed E-state index contributed by atoms with van der Waals surface area (Å²) in [7, 11) is 0. The lowest BCUT2D eigenvalue weighted by Gasteiger charge is -2.25.